The van der Waals surface area contributed by atoms with E-state index in [2.05, 4.69) is 15.4 Å². The van der Waals surface area contributed by atoms with Crippen LogP contribution in [0.5, 0.6) is 0 Å². The average Bonchev–Trinajstić information content (AvgIpc) is 2.80. The predicted molar refractivity (Wildman–Crippen MR) is 76.3 cm³/mol. The maximum atomic E-state index is 13.0. The second-order valence-corrected chi connectivity index (χ2v) is 4.75. The Bertz CT molecular complexity index is 736. The number of pyridine rings is 1. The lowest BCUT2D eigenvalue weighted by atomic mass is 10.1. The summed E-state index contributed by atoms with van der Waals surface area (Å²) >= 11 is 0. The molecule has 2 aromatic heterocycles. The first-order valence-electron chi connectivity index (χ1n) is 6.52. The van der Waals surface area contributed by atoms with Crippen molar-refractivity contribution >= 4 is 11.6 Å². The highest BCUT2D eigenvalue weighted by Gasteiger charge is 2.03. The summed E-state index contributed by atoms with van der Waals surface area (Å²) in [5.74, 6) is 0.385. The number of hydrogen-bond donors (Lipinski definition) is 1. The summed E-state index contributed by atoms with van der Waals surface area (Å²) in [4.78, 5) is 4.39. The van der Waals surface area contributed by atoms with Gasteiger partial charge in [-0.1, -0.05) is 12.1 Å². The van der Waals surface area contributed by atoms with Crippen molar-refractivity contribution in [1.29, 1.82) is 0 Å². The van der Waals surface area contributed by atoms with Gasteiger partial charge in [-0.25, -0.2) is 8.91 Å². The Labute approximate surface area is 116 Å². The lowest BCUT2D eigenvalue weighted by Crippen LogP contribution is -2.06. The largest absolute Gasteiger partial charge is 0.353 e. The van der Waals surface area contributed by atoms with Gasteiger partial charge >= 0.3 is 0 Å². The molecule has 0 bridgehead atoms. The lowest BCUT2D eigenvalue weighted by Gasteiger charge is -2.02. The maximum absolute atomic E-state index is 13.0. The van der Waals surface area contributed by atoms with Gasteiger partial charge in [0.1, 0.15) is 5.82 Å². The summed E-state index contributed by atoms with van der Waals surface area (Å²) in [7, 11) is 0. The van der Waals surface area contributed by atoms with E-state index in [1.807, 2.05) is 31.3 Å². The van der Waals surface area contributed by atoms with Crippen LogP contribution in [-0.2, 0) is 6.42 Å². The van der Waals surface area contributed by atoms with Crippen molar-refractivity contribution in [2.75, 3.05) is 11.9 Å². The highest BCUT2D eigenvalue weighted by molar-refractivity contribution is 5.45. The zero-order chi connectivity index (χ0) is 13.9. The van der Waals surface area contributed by atoms with Crippen LogP contribution >= 0.6 is 0 Å². The number of nitrogens with zero attached hydrogens (tertiary/aromatic N) is 3. The molecular weight excluding hydrogens is 255 g/mol. The van der Waals surface area contributed by atoms with E-state index in [4.69, 9.17) is 0 Å². The Balaban J connectivity index is 1.65. The minimum atomic E-state index is -0.205. The second kappa shape index (κ2) is 5.28. The highest BCUT2D eigenvalue weighted by Crippen LogP contribution is 2.08. The first-order valence-corrected chi connectivity index (χ1v) is 6.52. The van der Waals surface area contributed by atoms with Crippen molar-refractivity contribution in [3.63, 3.8) is 0 Å². The molecule has 0 saturated heterocycles. The molecule has 5 heteroatoms. The molecule has 0 radical (unpaired) electrons. The van der Waals surface area contributed by atoms with Gasteiger partial charge in [-0.15, -0.1) is 5.10 Å². The molecule has 3 aromatic rings. The van der Waals surface area contributed by atoms with Crippen LogP contribution in [-0.4, -0.2) is 21.1 Å². The van der Waals surface area contributed by atoms with E-state index in [0.29, 0.717) is 12.5 Å². The first-order chi connectivity index (χ1) is 9.70. The molecule has 4 nitrogen and oxygen atoms in total. The minimum Gasteiger partial charge on any atom is -0.353 e. The maximum Gasteiger partial charge on any atom is 0.243 e. The Morgan fingerprint density at radius 3 is 3.00 bits per heavy atom. The van der Waals surface area contributed by atoms with E-state index in [0.717, 1.165) is 23.2 Å². The molecule has 0 aliphatic rings. The normalized spacial score (nSPS) is 10.9. The van der Waals surface area contributed by atoms with E-state index in [1.165, 1.54) is 6.07 Å². The molecule has 0 saturated carbocycles. The molecule has 1 aromatic carbocycles. The minimum absolute atomic E-state index is 0.205. The van der Waals surface area contributed by atoms with Gasteiger partial charge in [-0.05, 0) is 48.7 Å². The Morgan fingerprint density at radius 1 is 1.25 bits per heavy atom. The SMILES string of the molecule is Cc1ccn2nc(NCCc3cccc(F)c3)nc2c1. The molecule has 0 atom stereocenters. The van der Waals surface area contributed by atoms with Gasteiger partial charge in [-0.2, -0.15) is 4.98 Å². The van der Waals surface area contributed by atoms with Crippen LogP contribution in [0, 0.1) is 12.7 Å². The number of rotatable bonds is 4. The van der Waals surface area contributed by atoms with Gasteiger partial charge in [0, 0.05) is 12.7 Å². The number of nitrogens with one attached hydrogen (secondary N) is 1. The quantitative estimate of drug-likeness (QED) is 0.792. The number of halogens is 1. The zero-order valence-electron chi connectivity index (χ0n) is 11.2. The fourth-order valence-corrected chi connectivity index (χ4v) is 2.07. The van der Waals surface area contributed by atoms with E-state index >= 15 is 0 Å². The number of fused-ring (bicyclic) bond motifs is 1. The third-order valence-electron chi connectivity index (χ3n) is 3.08. The third-order valence-corrected chi connectivity index (χ3v) is 3.08. The summed E-state index contributed by atoms with van der Waals surface area (Å²) in [6.45, 7) is 2.69. The molecule has 0 fully saturated rings. The molecule has 0 spiro atoms. The van der Waals surface area contributed by atoms with E-state index in [-0.39, 0.29) is 5.82 Å². The van der Waals surface area contributed by atoms with Gasteiger partial charge in [0.2, 0.25) is 5.95 Å². The molecule has 2 heterocycles. The standard InChI is InChI=1S/C15H15FN4/c1-11-6-8-20-14(9-11)18-15(19-20)17-7-5-12-3-2-4-13(16)10-12/h2-4,6,8-10H,5,7H2,1H3,(H,17,19). The molecule has 0 amide bonds. The van der Waals surface area contributed by atoms with Gasteiger partial charge < -0.3 is 5.32 Å². The van der Waals surface area contributed by atoms with Crippen LogP contribution in [0.2, 0.25) is 0 Å². The van der Waals surface area contributed by atoms with Crippen molar-refractivity contribution in [1.82, 2.24) is 14.6 Å². The molecule has 20 heavy (non-hydrogen) atoms. The van der Waals surface area contributed by atoms with Gasteiger partial charge in [-0.3, -0.25) is 0 Å². The smallest absolute Gasteiger partial charge is 0.243 e. The van der Waals surface area contributed by atoms with E-state index < -0.39 is 0 Å². The van der Waals surface area contributed by atoms with E-state index in [1.54, 1.807) is 16.6 Å². The molecule has 0 aliphatic heterocycles. The van der Waals surface area contributed by atoms with Crippen LogP contribution in [0.15, 0.2) is 42.6 Å². The van der Waals surface area contributed by atoms with Crippen molar-refractivity contribution in [2.24, 2.45) is 0 Å². The highest BCUT2D eigenvalue weighted by atomic mass is 19.1. The second-order valence-electron chi connectivity index (χ2n) is 4.75. The summed E-state index contributed by atoms with van der Waals surface area (Å²) in [6.07, 6.45) is 2.61. The summed E-state index contributed by atoms with van der Waals surface area (Å²) in [6, 6.07) is 10.6. The molecule has 1 N–H and O–H groups in total. The van der Waals surface area contributed by atoms with Crippen LogP contribution in [0.1, 0.15) is 11.1 Å². The molecule has 0 unspecified atom stereocenters. The Morgan fingerprint density at radius 2 is 2.15 bits per heavy atom. The molecule has 3 rings (SSSR count). The lowest BCUT2D eigenvalue weighted by molar-refractivity contribution is 0.625. The number of aromatic nitrogens is 3. The summed E-state index contributed by atoms with van der Waals surface area (Å²) < 4.78 is 14.8. The van der Waals surface area contributed by atoms with Crippen LogP contribution in [0.25, 0.3) is 5.65 Å². The topological polar surface area (TPSA) is 42.2 Å². The third kappa shape index (κ3) is 2.77. The van der Waals surface area contributed by atoms with Gasteiger partial charge in [0.15, 0.2) is 5.65 Å². The predicted octanol–water partition coefficient (Wildman–Crippen LogP) is 2.83. The molecule has 0 aliphatic carbocycles. The summed E-state index contributed by atoms with van der Waals surface area (Å²) in [5, 5.41) is 7.48. The van der Waals surface area contributed by atoms with Crippen molar-refractivity contribution < 1.29 is 4.39 Å². The van der Waals surface area contributed by atoms with Crippen LogP contribution in [0.4, 0.5) is 10.3 Å². The molecular formula is C15H15FN4. The Hall–Kier alpha value is -2.43. The summed E-state index contributed by atoms with van der Waals surface area (Å²) in [5.41, 5.74) is 2.92. The first kappa shape index (κ1) is 12.6. The zero-order valence-corrected chi connectivity index (χ0v) is 11.2. The number of anilines is 1. The Kier molecular flexibility index (Phi) is 3.33. The van der Waals surface area contributed by atoms with E-state index in [9.17, 15) is 4.39 Å². The number of benzene rings is 1. The number of hydrogen-bond acceptors (Lipinski definition) is 3. The van der Waals surface area contributed by atoms with Gasteiger partial charge in [0.25, 0.3) is 0 Å². The molecule has 102 valence electrons. The van der Waals surface area contributed by atoms with Crippen LogP contribution in [0.3, 0.4) is 0 Å². The fourth-order valence-electron chi connectivity index (χ4n) is 2.07. The average molecular weight is 270 g/mol. The van der Waals surface area contributed by atoms with Crippen molar-refractivity contribution in [3.8, 4) is 0 Å². The fraction of sp³-hybridized carbons (Fsp3) is 0.200. The monoisotopic (exact) mass is 270 g/mol. The van der Waals surface area contributed by atoms with Crippen molar-refractivity contribution in [3.05, 3.63) is 59.5 Å². The van der Waals surface area contributed by atoms with Crippen LogP contribution < -0.4 is 5.32 Å². The number of aryl methyl sites for hydroxylation is 1. The van der Waals surface area contributed by atoms with Crippen molar-refractivity contribution in [2.45, 2.75) is 13.3 Å². The van der Waals surface area contributed by atoms with Gasteiger partial charge in [0.05, 0.1) is 0 Å².